The van der Waals surface area contributed by atoms with E-state index < -0.39 is 17.8 Å². The lowest BCUT2D eigenvalue weighted by Crippen LogP contribution is -2.40. The number of fused-ring (bicyclic) bond motifs is 1. The molecular formula is C36H28ClFN2O5S. The Morgan fingerprint density at radius 3 is 2.43 bits per heavy atom. The smallest absolute Gasteiger partial charge is 0.338 e. The molecule has 10 heteroatoms. The third-order valence-electron chi connectivity index (χ3n) is 7.35. The SMILES string of the molecule is CCOC(=O)C1=C(c2ccccc2)N=c2s/c(=C\c3ccc(OCc4ccc(Cl)cc4)c(OC)c3)c(=O)n2[C@H]1c1ccc(F)cc1. The zero-order valence-corrected chi connectivity index (χ0v) is 26.5. The van der Waals surface area contributed by atoms with E-state index in [1.165, 1.54) is 28.0 Å². The Hall–Kier alpha value is -4.99. The van der Waals surface area contributed by atoms with Crippen molar-refractivity contribution in [3.8, 4) is 11.5 Å². The lowest BCUT2D eigenvalue weighted by molar-refractivity contribution is -0.138. The molecule has 0 saturated heterocycles. The molecule has 46 heavy (non-hydrogen) atoms. The van der Waals surface area contributed by atoms with Crippen LogP contribution >= 0.6 is 22.9 Å². The number of halogens is 2. The quantitative estimate of drug-likeness (QED) is 0.174. The van der Waals surface area contributed by atoms with Crippen molar-refractivity contribution in [1.82, 2.24) is 4.57 Å². The summed E-state index contributed by atoms with van der Waals surface area (Å²) in [7, 11) is 1.55. The van der Waals surface area contributed by atoms with Crippen molar-refractivity contribution in [2.75, 3.05) is 13.7 Å². The fraction of sp³-hybridized carbons (Fsp3) is 0.139. The van der Waals surface area contributed by atoms with Gasteiger partial charge in [0.1, 0.15) is 12.4 Å². The van der Waals surface area contributed by atoms with Gasteiger partial charge in [-0.1, -0.05) is 83.6 Å². The second-order valence-corrected chi connectivity index (χ2v) is 11.8. The monoisotopic (exact) mass is 654 g/mol. The normalized spacial score (nSPS) is 14.4. The first-order chi connectivity index (χ1) is 22.4. The number of methoxy groups -OCH3 is 1. The molecule has 4 aromatic carbocycles. The summed E-state index contributed by atoms with van der Waals surface area (Å²) in [6, 6.07) is 26.9. The number of ether oxygens (including phenoxy) is 3. The van der Waals surface area contributed by atoms with Crippen LogP contribution in [-0.4, -0.2) is 24.3 Å². The molecule has 0 bridgehead atoms. The second-order valence-electron chi connectivity index (χ2n) is 10.3. The van der Waals surface area contributed by atoms with Crippen LogP contribution in [-0.2, 0) is 16.1 Å². The molecule has 0 unspecified atom stereocenters. The zero-order valence-electron chi connectivity index (χ0n) is 24.9. The molecule has 6 rings (SSSR count). The number of rotatable bonds is 9. The number of esters is 1. The molecule has 0 spiro atoms. The van der Waals surface area contributed by atoms with Gasteiger partial charge in [-0.05, 0) is 66.1 Å². The van der Waals surface area contributed by atoms with Crippen LogP contribution in [0.5, 0.6) is 11.5 Å². The average Bonchev–Trinajstić information content (AvgIpc) is 3.38. The van der Waals surface area contributed by atoms with Crippen molar-refractivity contribution in [2.24, 2.45) is 4.99 Å². The molecule has 7 nitrogen and oxygen atoms in total. The lowest BCUT2D eigenvalue weighted by atomic mass is 9.93. The lowest BCUT2D eigenvalue weighted by Gasteiger charge is -2.25. The second kappa shape index (κ2) is 13.6. The molecular weight excluding hydrogens is 627 g/mol. The third kappa shape index (κ3) is 6.38. The number of hydrogen-bond acceptors (Lipinski definition) is 7. The molecule has 0 fully saturated rings. The minimum Gasteiger partial charge on any atom is -0.493 e. The van der Waals surface area contributed by atoms with Gasteiger partial charge in [-0.25, -0.2) is 14.2 Å². The van der Waals surface area contributed by atoms with Gasteiger partial charge in [-0.15, -0.1) is 0 Å². The predicted molar refractivity (Wildman–Crippen MR) is 176 cm³/mol. The van der Waals surface area contributed by atoms with E-state index in [4.69, 9.17) is 30.8 Å². The standard InChI is InChI=1S/C36H28ClFN2O5S/c1-3-44-35(42)31-32(24-7-5-4-6-8-24)39-36-40(33(31)25-12-16-27(38)17-13-25)34(41)30(46-36)20-23-11-18-28(29(19-23)43-2)45-21-22-9-14-26(37)15-10-22/h4-20,33H,3,21H2,1-2H3/b30-20-/t33-/m0/s1. The van der Waals surface area contributed by atoms with Crippen molar-refractivity contribution in [2.45, 2.75) is 19.6 Å². The maximum absolute atomic E-state index is 14.1. The van der Waals surface area contributed by atoms with Crippen LogP contribution in [0.1, 0.15) is 35.2 Å². The highest BCUT2D eigenvalue weighted by Gasteiger charge is 2.35. The molecule has 0 N–H and O–H groups in total. The Kier molecular flexibility index (Phi) is 9.14. The van der Waals surface area contributed by atoms with Crippen LogP contribution in [0.4, 0.5) is 4.39 Å². The van der Waals surface area contributed by atoms with Crippen molar-refractivity contribution in [1.29, 1.82) is 0 Å². The van der Waals surface area contributed by atoms with E-state index in [9.17, 15) is 14.0 Å². The summed E-state index contributed by atoms with van der Waals surface area (Å²) >= 11 is 7.18. The largest absolute Gasteiger partial charge is 0.493 e. The minimum atomic E-state index is -0.897. The highest BCUT2D eigenvalue weighted by molar-refractivity contribution is 7.07. The molecule has 1 aliphatic heterocycles. The Morgan fingerprint density at radius 1 is 1.00 bits per heavy atom. The summed E-state index contributed by atoms with van der Waals surface area (Å²) < 4.78 is 32.9. The van der Waals surface area contributed by atoms with Gasteiger partial charge in [0.05, 0.1) is 35.6 Å². The average molecular weight is 655 g/mol. The van der Waals surface area contributed by atoms with E-state index >= 15 is 0 Å². The molecule has 0 saturated carbocycles. The van der Waals surface area contributed by atoms with Crippen LogP contribution in [0.3, 0.4) is 0 Å². The van der Waals surface area contributed by atoms with Gasteiger partial charge in [0, 0.05) is 10.6 Å². The van der Waals surface area contributed by atoms with Crippen LogP contribution in [0, 0.1) is 5.82 Å². The third-order valence-corrected chi connectivity index (χ3v) is 8.59. The Morgan fingerprint density at radius 2 is 1.74 bits per heavy atom. The van der Waals surface area contributed by atoms with Gasteiger partial charge in [0.15, 0.2) is 16.3 Å². The fourth-order valence-electron chi connectivity index (χ4n) is 5.19. The van der Waals surface area contributed by atoms with Crippen LogP contribution in [0.25, 0.3) is 11.8 Å². The van der Waals surface area contributed by atoms with Crippen LogP contribution in [0.15, 0.2) is 112 Å². The van der Waals surface area contributed by atoms with E-state index in [1.54, 1.807) is 56.5 Å². The molecule has 1 aliphatic rings. The number of hydrogen-bond donors (Lipinski definition) is 0. The van der Waals surface area contributed by atoms with Crippen LogP contribution < -0.4 is 24.4 Å². The number of nitrogens with zero attached hydrogens (tertiary/aromatic N) is 2. The molecule has 5 aromatic rings. The first kappa shape index (κ1) is 31.0. The maximum Gasteiger partial charge on any atom is 0.338 e. The van der Waals surface area contributed by atoms with E-state index in [1.807, 2.05) is 48.5 Å². The fourth-order valence-corrected chi connectivity index (χ4v) is 6.31. The summed E-state index contributed by atoms with van der Waals surface area (Å²) in [6.07, 6.45) is 1.74. The number of carbonyl (C=O) groups excluding carboxylic acids is 1. The highest BCUT2D eigenvalue weighted by atomic mass is 35.5. The van der Waals surface area contributed by atoms with E-state index in [2.05, 4.69) is 0 Å². The number of thiazole rings is 1. The highest BCUT2D eigenvalue weighted by Crippen LogP contribution is 2.35. The van der Waals surface area contributed by atoms with Gasteiger partial charge in [-0.2, -0.15) is 0 Å². The van der Waals surface area contributed by atoms with Crippen molar-refractivity contribution >= 4 is 40.7 Å². The molecule has 0 aliphatic carbocycles. The Labute approximate surface area is 273 Å². The van der Waals surface area contributed by atoms with E-state index in [0.29, 0.717) is 54.8 Å². The Bertz CT molecular complexity index is 2110. The van der Waals surface area contributed by atoms with Crippen molar-refractivity contribution < 1.29 is 23.4 Å². The van der Waals surface area contributed by atoms with Gasteiger partial charge in [0.2, 0.25) is 0 Å². The molecule has 0 amide bonds. The summed E-state index contributed by atoms with van der Waals surface area (Å²) in [5.74, 6) is -0.00197. The van der Waals surface area contributed by atoms with Gasteiger partial charge in [-0.3, -0.25) is 9.36 Å². The molecule has 1 atom stereocenters. The van der Waals surface area contributed by atoms with Crippen LogP contribution in [0.2, 0.25) is 5.02 Å². The summed E-state index contributed by atoms with van der Waals surface area (Å²) in [6.45, 7) is 2.17. The van der Waals surface area contributed by atoms with Crippen molar-refractivity contribution in [3.63, 3.8) is 0 Å². The molecule has 232 valence electrons. The van der Waals surface area contributed by atoms with E-state index in [0.717, 1.165) is 5.56 Å². The maximum atomic E-state index is 14.1. The minimum absolute atomic E-state index is 0.131. The summed E-state index contributed by atoms with van der Waals surface area (Å²) in [5.41, 5.74) is 3.12. The molecule has 0 radical (unpaired) electrons. The first-order valence-corrected chi connectivity index (χ1v) is 15.6. The summed E-state index contributed by atoms with van der Waals surface area (Å²) in [5, 5.41) is 0.647. The topological polar surface area (TPSA) is 79.1 Å². The zero-order chi connectivity index (χ0) is 32.2. The van der Waals surface area contributed by atoms with Gasteiger partial charge in [0.25, 0.3) is 5.56 Å². The van der Waals surface area contributed by atoms with Crippen molar-refractivity contribution in [3.05, 3.63) is 155 Å². The number of carbonyl (C=O) groups is 1. The van der Waals surface area contributed by atoms with Gasteiger partial charge < -0.3 is 14.2 Å². The molecule has 1 aromatic heterocycles. The Balaban J connectivity index is 1.46. The predicted octanol–water partition coefficient (Wildman–Crippen LogP) is 6.32. The molecule has 2 heterocycles. The van der Waals surface area contributed by atoms with Gasteiger partial charge >= 0.3 is 5.97 Å². The van der Waals surface area contributed by atoms with E-state index in [-0.39, 0.29) is 17.7 Å². The first-order valence-electron chi connectivity index (χ1n) is 14.5. The number of benzene rings is 4. The summed E-state index contributed by atoms with van der Waals surface area (Å²) in [4.78, 5) is 32.9. The number of aromatic nitrogens is 1.